The van der Waals surface area contributed by atoms with Gasteiger partial charge in [0, 0.05) is 26.6 Å². The molecule has 1 fully saturated rings. The molecule has 3 N–H and O–H groups in total. The molecule has 0 atom stereocenters. The minimum Gasteiger partial charge on any atom is -0.397 e. The number of aromatic nitrogens is 1. The largest absolute Gasteiger partial charge is 0.397 e. The highest BCUT2D eigenvalue weighted by molar-refractivity contribution is 6.29. The second-order valence-electron chi connectivity index (χ2n) is 5.27. The third-order valence-corrected chi connectivity index (χ3v) is 3.88. The number of hydrogen-bond acceptors (Lipinski definition) is 4. The second-order valence-corrected chi connectivity index (χ2v) is 5.65. The molecule has 1 saturated heterocycles. The molecular weight excluding hydrogens is 292 g/mol. The number of anilines is 1. The molecule has 114 valence electrons. The van der Waals surface area contributed by atoms with E-state index >= 15 is 0 Å². The van der Waals surface area contributed by atoms with Gasteiger partial charge in [0.25, 0.3) is 5.91 Å². The number of likely N-dealkylation sites (tertiary alicyclic amines) is 1. The highest BCUT2D eigenvalue weighted by atomic mass is 35.5. The summed E-state index contributed by atoms with van der Waals surface area (Å²) in [5, 5.41) is 3.08. The lowest BCUT2D eigenvalue weighted by atomic mass is 9.96. The molecule has 2 heterocycles. The summed E-state index contributed by atoms with van der Waals surface area (Å²) in [6, 6.07) is 1.50. The maximum Gasteiger partial charge on any atom is 0.256 e. The van der Waals surface area contributed by atoms with Gasteiger partial charge in [-0.1, -0.05) is 11.6 Å². The van der Waals surface area contributed by atoms with Crippen molar-refractivity contribution in [1.29, 1.82) is 0 Å². The molecule has 0 radical (unpaired) electrons. The molecule has 2 rings (SSSR count). The number of carbonyl (C=O) groups is 2. The topological polar surface area (TPSA) is 88.3 Å². The second kappa shape index (κ2) is 6.76. The van der Waals surface area contributed by atoms with Crippen LogP contribution >= 0.6 is 11.6 Å². The van der Waals surface area contributed by atoms with E-state index in [1.54, 1.807) is 4.90 Å². The van der Waals surface area contributed by atoms with Gasteiger partial charge in [-0.3, -0.25) is 9.59 Å². The highest BCUT2D eigenvalue weighted by Gasteiger charge is 2.25. The molecule has 21 heavy (non-hydrogen) atoms. The number of carbonyl (C=O) groups excluding carboxylic acids is 2. The van der Waals surface area contributed by atoms with Gasteiger partial charge < -0.3 is 16.0 Å². The summed E-state index contributed by atoms with van der Waals surface area (Å²) < 4.78 is 0. The SMILES string of the molecule is CC(=O)NCC1CCN(C(=O)c2cc(Cl)ncc2N)CC1. The normalized spacial score (nSPS) is 15.8. The number of nitrogens with one attached hydrogen (secondary N) is 1. The maximum atomic E-state index is 12.4. The van der Waals surface area contributed by atoms with Crippen LogP contribution in [0.5, 0.6) is 0 Å². The zero-order chi connectivity index (χ0) is 15.4. The first-order valence-electron chi connectivity index (χ1n) is 6.92. The first kappa shape index (κ1) is 15.6. The zero-order valence-corrected chi connectivity index (χ0v) is 12.7. The number of rotatable bonds is 3. The Bertz CT molecular complexity index is 542. The number of halogens is 1. The van der Waals surface area contributed by atoms with Crippen LogP contribution in [0.3, 0.4) is 0 Å². The average molecular weight is 311 g/mol. The van der Waals surface area contributed by atoms with Gasteiger partial charge in [-0.2, -0.15) is 0 Å². The van der Waals surface area contributed by atoms with E-state index in [4.69, 9.17) is 17.3 Å². The van der Waals surface area contributed by atoms with Gasteiger partial charge >= 0.3 is 0 Å². The number of amides is 2. The summed E-state index contributed by atoms with van der Waals surface area (Å²) in [4.78, 5) is 29.0. The number of nitrogens with two attached hydrogens (primary N) is 1. The summed E-state index contributed by atoms with van der Waals surface area (Å²) >= 11 is 5.82. The van der Waals surface area contributed by atoms with E-state index in [2.05, 4.69) is 10.3 Å². The monoisotopic (exact) mass is 310 g/mol. The van der Waals surface area contributed by atoms with Gasteiger partial charge in [0.2, 0.25) is 5.91 Å². The molecule has 1 aliphatic heterocycles. The first-order chi connectivity index (χ1) is 9.97. The molecule has 6 nitrogen and oxygen atoms in total. The fraction of sp³-hybridized carbons (Fsp3) is 0.500. The molecule has 0 aliphatic carbocycles. The molecule has 0 unspecified atom stereocenters. The van der Waals surface area contributed by atoms with Crippen molar-refractivity contribution in [2.45, 2.75) is 19.8 Å². The van der Waals surface area contributed by atoms with E-state index in [0.717, 1.165) is 12.8 Å². The average Bonchev–Trinajstić information content (AvgIpc) is 2.47. The lowest BCUT2D eigenvalue weighted by molar-refractivity contribution is -0.119. The van der Waals surface area contributed by atoms with Crippen LogP contribution in [0.4, 0.5) is 5.69 Å². The van der Waals surface area contributed by atoms with Crippen LogP contribution in [0.2, 0.25) is 5.15 Å². The van der Waals surface area contributed by atoms with E-state index in [9.17, 15) is 9.59 Å². The summed E-state index contributed by atoms with van der Waals surface area (Å²) in [6.07, 6.45) is 3.13. The fourth-order valence-corrected chi connectivity index (χ4v) is 2.58. The summed E-state index contributed by atoms with van der Waals surface area (Å²) in [7, 11) is 0. The number of nitrogens with zero attached hydrogens (tertiary/aromatic N) is 2. The van der Waals surface area contributed by atoms with Gasteiger partial charge in [0.15, 0.2) is 0 Å². The lowest BCUT2D eigenvalue weighted by Gasteiger charge is -2.32. The molecule has 1 aromatic rings. The van der Waals surface area contributed by atoms with Crippen molar-refractivity contribution >= 4 is 29.1 Å². The molecule has 2 amide bonds. The van der Waals surface area contributed by atoms with Gasteiger partial charge in [-0.05, 0) is 24.8 Å². The predicted molar refractivity (Wildman–Crippen MR) is 81.0 cm³/mol. The third kappa shape index (κ3) is 4.07. The fourth-order valence-electron chi connectivity index (χ4n) is 2.42. The molecule has 0 bridgehead atoms. The Kier molecular flexibility index (Phi) is 5.01. The maximum absolute atomic E-state index is 12.4. The summed E-state index contributed by atoms with van der Waals surface area (Å²) in [5.41, 5.74) is 6.53. The van der Waals surface area contributed by atoms with E-state index < -0.39 is 0 Å². The van der Waals surface area contributed by atoms with E-state index in [0.29, 0.717) is 36.8 Å². The minimum absolute atomic E-state index is 0.0206. The van der Waals surface area contributed by atoms with Crippen LogP contribution in [0.25, 0.3) is 0 Å². The highest BCUT2D eigenvalue weighted by Crippen LogP contribution is 2.22. The van der Waals surface area contributed by atoms with Crippen LogP contribution < -0.4 is 11.1 Å². The van der Waals surface area contributed by atoms with Crippen molar-refractivity contribution in [2.24, 2.45) is 5.92 Å². The van der Waals surface area contributed by atoms with E-state index in [-0.39, 0.29) is 17.0 Å². The Morgan fingerprint density at radius 2 is 2.14 bits per heavy atom. The smallest absolute Gasteiger partial charge is 0.256 e. The summed E-state index contributed by atoms with van der Waals surface area (Å²) in [6.45, 7) is 3.49. The summed E-state index contributed by atoms with van der Waals surface area (Å²) in [5.74, 6) is 0.277. The molecule has 7 heteroatoms. The van der Waals surface area contributed by atoms with Crippen LogP contribution in [0.1, 0.15) is 30.1 Å². The van der Waals surface area contributed by atoms with Crippen molar-refractivity contribution in [3.8, 4) is 0 Å². The Hall–Kier alpha value is -1.82. The van der Waals surface area contributed by atoms with Crippen molar-refractivity contribution in [2.75, 3.05) is 25.4 Å². The van der Waals surface area contributed by atoms with Gasteiger partial charge in [0.05, 0.1) is 17.4 Å². The van der Waals surface area contributed by atoms with Gasteiger partial charge in [0.1, 0.15) is 5.15 Å². The third-order valence-electron chi connectivity index (χ3n) is 3.67. The lowest BCUT2D eigenvalue weighted by Crippen LogP contribution is -2.41. The number of hydrogen-bond donors (Lipinski definition) is 2. The Labute approximate surface area is 128 Å². The Morgan fingerprint density at radius 1 is 1.48 bits per heavy atom. The van der Waals surface area contributed by atoms with Crippen LogP contribution in [-0.4, -0.2) is 41.3 Å². The van der Waals surface area contributed by atoms with Crippen LogP contribution in [-0.2, 0) is 4.79 Å². The quantitative estimate of drug-likeness (QED) is 0.824. The minimum atomic E-state index is -0.116. The van der Waals surface area contributed by atoms with Crippen molar-refractivity contribution in [1.82, 2.24) is 15.2 Å². The van der Waals surface area contributed by atoms with Crippen molar-refractivity contribution in [3.05, 3.63) is 23.0 Å². The standard InChI is InChI=1S/C14H19ClN4O2/c1-9(20)17-7-10-2-4-19(5-3-10)14(21)11-6-13(15)18-8-12(11)16/h6,8,10H,2-5,7,16H2,1H3,(H,17,20). The molecular formula is C14H19ClN4O2. The van der Waals surface area contributed by atoms with Crippen LogP contribution in [0, 0.1) is 5.92 Å². The number of pyridine rings is 1. The Morgan fingerprint density at radius 3 is 2.76 bits per heavy atom. The van der Waals surface area contributed by atoms with Crippen molar-refractivity contribution < 1.29 is 9.59 Å². The molecule has 0 aromatic carbocycles. The molecule has 0 saturated carbocycles. The zero-order valence-electron chi connectivity index (χ0n) is 11.9. The number of piperidine rings is 1. The van der Waals surface area contributed by atoms with E-state index in [1.165, 1.54) is 19.2 Å². The predicted octanol–water partition coefficient (Wildman–Crippen LogP) is 1.31. The van der Waals surface area contributed by atoms with Gasteiger partial charge in [-0.15, -0.1) is 0 Å². The number of nitrogen functional groups attached to an aromatic ring is 1. The Balaban J connectivity index is 1.94. The first-order valence-corrected chi connectivity index (χ1v) is 7.30. The molecule has 0 spiro atoms. The van der Waals surface area contributed by atoms with E-state index in [1.807, 2.05) is 0 Å². The van der Waals surface area contributed by atoms with Gasteiger partial charge in [-0.25, -0.2) is 4.98 Å². The molecule has 1 aromatic heterocycles. The van der Waals surface area contributed by atoms with Crippen molar-refractivity contribution in [3.63, 3.8) is 0 Å². The molecule has 1 aliphatic rings. The van der Waals surface area contributed by atoms with Crippen LogP contribution in [0.15, 0.2) is 12.3 Å².